The van der Waals surface area contributed by atoms with Crippen molar-refractivity contribution in [1.29, 1.82) is 5.26 Å². The number of hydrogen-bond acceptors (Lipinski definition) is 10. The van der Waals surface area contributed by atoms with Gasteiger partial charge in [0.2, 0.25) is 21.9 Å². The van der Waals surface area contributed by atoms with Crippen LogP contribution in [0.15, 0.2) is 45.1 Å². The van der Waals surface area contributed by atoms with Crippen LogP contribution < -0.4 is 26.6 Å². The summed E-state index contributed by atoms with van der Waals surface area (Å²) in [6.07, 6.45) is 7.74. The quantitative estimate of drug-likeness (QED) is 0.206. The largest absolute Gasteiger partial charge is 0.493 e. The van der Waals surface area contributed by atoms with E-state index in [1.165, 1.54) is 28.8 Å². The molecule has 14 nitrogen and oxygen atoms in total. The van der Waals surface area contributed by atoms with Gasteiger partial charge in [-0.2, -0.15) is 24.8 Å². The summed E-state index contributed by atoms with van der Waals surface area (Å²) < 4.78 is 29.9. The number of H-pyrrole nitrogens is 2. The third-order valence-electron chi connectivity index (χ3n) is 6.93. The lowest BCUT2D eigenvalue weighted by Gasteiger charge is -2.29. The molecule has 40 heavy (non-hydrogen) atoms. The number of nitriles is 1. The predicted molar refractivity (Wildman–Crippen MR) is 142 cm³/mol. The maximum Gasteiger partial charge on any atom is 0.326 e. The molecule has 2 aliphatic carbocycles. The zero-order chi connectivity index (χ0) is 27.9. The molecule has 0 aliphatic heterocycles. The molecule has 3 aromatic heterocycles. The highest BCUT2D eigenvalue weighted by atomic mass is 32.2. The highest BCUT2D eigenvalue weighted by Crippen LogP contribution is 2.24. The second-order valence-corrected chi connectivity index (χ2v) is 11.7. The molecule has 5 N–H and O–H groups in total. The molecule has 0 bridgehead atoms. The molecular weight excluding hydrogens is 536 g/mol. The van der Waals surface area contributed by atoms with Gasteiger partial charge in [-0.25, -0.2) is 22.9 Å². The molecule has 2 aliphatic rings. The van der Waals surface area contributed by atoms with Crippen molar-refractivity contribution in [3.63, 3.8) is 0 Å². The summed E-state index contributed by atoms with van der Waals surface area (Å²) in [7, 11) is -3.69. The van der Waals surface area contributed by atoms with Gasteiger partial charge in [0.15, 0.2) is 5.65 Å². The first-order valence-corrected chi connectivity index (χ1v) is 14.4. The number of aromatic amines is 2. The molecule has 0 spiro atoms. The number of nitrogens with zero attached hydrogens (tertiary/aromatic N) is 6. The van der Waals surface area contributed by atoms with Gasteiger partial charge in [-0.15, -0.1) is 0 Å². The zero-order valence-electron chi connectivity index (χ0n) is 21.2. The first-order valence-electron chi connectivity index (χ1n) is 12.9. The average Bonchev–Trinajstić information content (AvgIpc) is 3.57. The van der Waals surface area contributed by atoms with E-state index in [1.807, 2.05) is 6.07 Å². The predicted octanol–water partition coefficient (Wildman–Crippen LogP) is 0.0304. The van der Waals surface area contributed by atoms with Crippen LogP contribution in [0.3, 0.4) is 0 Å². The van der Waals surface area contributed by atoms with E-state index in [1.54, 1.807) is 12.3 Å². The molecule has 2 saturated carbocycles. The normalized spacial score (nSPS) is 20.6. The summed E-state index contributed by atoms with van der Waals surface area (Å²) in [5, 5.41) is 27.2. The van der Waals surface area contributed by atoms with E-state index in [-0.39, 0.29) is 34.6 Å². The molecule has 15 heteroatoms. The van der Waals surface area contributed by atoms with Gasteiger partial charge in [-0.1, -0.05) is 0 Å². The van der Waals surface area contributed by atoms with Crippen LogP contribution in [0.4, 0.5) is 5.95 Å². The average molecular weight is 563 g/mol. The number of aromatic nitrogens is 6. The number of sulfonamides is 1. The molecule has 0 saturated heterocycles. The zero-order valence-corrected chi connectivity index (χ0v) is 22.0. The fourth-order valence-corrected chi connectivity index (χ4v) is 5.98. The lowest BCUT2D eigenvalue weighted by atomic mass is 9.92. The number of aromatic hydroxyl groups is 1. The van der Waals surface area contributed by atoms with Crippen molar-refractivity contribution in [2.45, 2.75) is 61.5 Å². The molecule has 2 fully saturated rings. The number of benzene rings is 1. The molecule has 0 radical (unpaired) electrons. The first kappa shape index (κ1) is 25.7. The number of rotatable bonds is 7. The number of imidazole rings is 1. The van der Waals surface area contributed by atoms with E-state index in [2.05, 4.69) is 40.1 Å². The summed E-state index contributed by atoms with van der Waals surface area (Å²) in [4.78, 5) is 30.4. The van der Waals surface area contributed by atoms with Crippen LogP contribution in [-0.4, -0.2) is 61.2 Å². The van der Waals surface area contributed by atoms with Crippen LogP contribution in [0, 0.1) is 11.3 Å². The van der Waals surface area contributed by atoms with E-state index in [9.17, 15) is 18.3 Å². The Bertz CT molecular complexity index is 1890. The lowest BCUT2D eigenvalue weighted by molar-refractivity contribution is 0.386. The third-order valence-corrected chi connectivity index (χ3v) is 8.47. The molecule has 1 aromatic carbocycles. The molecule has 4 aromatic rings. The third kappa shape index (κ3) is 5.44. The minimum Gasteiger partial charge on any atom is -0.493 e. The van der Waals surface area contributed by atoms with E-state index in [4.69, 9.17) is 5.26 Å². The Kier molecular flexibility index (Phi) is 6.56. The monoisotopic (exact) mass is 562 g/mol. The van der Waals surface area contributed by atoms with Crippen molar-refractivity contribution >= 4 is 27.7 Å². The van der Waals surface area contributed by atoms with E-state index < -0.39 is 15.7 Å². The Hall–Kier alpha value is -4.55. The molecule has 0 unspecified atom stereocenters. The first-order chi connectivity index (χ1) is 19.3. The molecule has 206 valence electrons. The van der Waals surface area contributed by atoms with Gasteiger partial charge in [0.05, 0.1) is 28.8 Å². The van der Waals surface area contributed by atoms with Gasteiger partial charge in [0, 0.05) is 17.3 Å². The molecule has 6 rings (SSSR count). The molecular formula is C25H26N10O4S. The van der Waals surface area contributed by atoms with Crippen molar-refractivity contribution in [3.05, 3.63) is 63.0 Å². The summed E-state index contributed by atoms with van der Waals surface area (Å²) in [6, 6.07) is 7.82. The van der Waals surface area contributed by atoms with Crippen LogP contribution in [0.5, 0.6) is 5.88 Å². The summed E-state index contributed by atoms with van der Waals surface area (Å²) in [6.45, 7) is 0. The minimum atomic E-state index is -3.69. The SMILES string of the molecule is N#Cc1ccc(S(=O)(=O)NC2CCC(Nc3nc(=NC4CC4)n4ncc(=Cc5[nH]c(=O)[nH]c5O)c4n3)CC2)cc1. The summed E-state index contributed by atoms with van der Waals surface area (Å²) in [5.41, 5.74) is 0.942. The number of anilines is 1. The molecule has 0 amide bonds. The Labute approximate surface area is 227 Å². The second-order valence-electron chi connectivity index (χ2n) is 9.98. The standard InChI is InChI=1S/C25H26N10O4S/c26-12-14-1-9-19(10-2-14)40(38,39)34-18-7-5-16(6-8-18)28-23-31-21-15(11-20-22(36)32-25(37)30-20)13-27-35(21)24(33-23)29-17-3-4-17/h1-2,9-11,13,16-18,34,36H,3-8H2,(H,28,29,33)(H2,30,32,37). The van der Waals surface area contributed by atoms with Gasteiger partial charge in [0.1, 0.15) is 5.69 Å². The highest BCUT2D eigenvalue weighted by molar-refractivity contribution is 7.89. The van der Waals surface area contributed by atoms with Gasteiger partial charge < -0.3 is 15.4 Å². The fraction of sp³-hybridized carbons (Fsp3) is 0.360. The van der Waals surface area contributed by atoms with Gasteiger partial charge in [-0.3, -0.25) is 4.98 Å². The highest BCUT2D eigenvalue weighted by Gasteiger charge is 2.27. The maximum atomic E-state index is 12.8. The van der Waals surface area contributed by atoms with Crippen molar-refractivity contribution in [2.24, 2.45) is 4.99 Å². The van der Waals surface area contributed by atoms with Crippen LogP contribution in [-0.2, 0) is 10.0 Å². The maximum absolute atomic E-state index is 12.8. The summed E-state index contributed by atoms with van der Waals surface area (Å²) >= 11 is 0. The minimum absolute atomic E-state index is 0.0207. The number of nitrogens with one attached hydrogen (secondary N) is 4. The smallest absolute Gasteiger partial charge is 0.326 e. The Balaban J connectivity index is 1.20. The van der Waals surface area contributed by atoms with E-state index >= 15 is 0 Å². The van der Waals surface area contributed by atoms with Crippen molar-refractivity contribution < 1.29 is 13.5 Å². The van der Waals surface area contributed by atoms with Crippen LogP contribution in [0.25, 0.3) is 11.7 Å². The lowest BCUT2D eigenvalue weighted by Crippen LogP contribution is -2.40. The van der Waals surface area contributed by atoms with Gasteiger partial charge >= 0.3 is 5.69 Å². The Morgan fingerprint density at radius 2 is 1.80 bits per heavy atom. The number of hydrogen-bond donors (Lipinski definition) is 5. The number of fused-ring (bicyclic) bond motifs is 1. The van der Waals surface area contributed by atoms with Crippen LogP contribution in [0.2, 0.25) is 0 Å². The molecule has 3 heterocycles. The van der Waals surface area contributed by atoms with Crippen LogP contribution in [0.1, 0.15) is 49.8 Å². The van der Waals surface area contributed by atoms with E-state index in [0.29, 0.717) is 53.7 Å². The fourth-order valence-electron chi connectivity index (χ4n) is 4.68. The summed E-state index contributed by atoms with van der Waals surface area (Å²) in [5.74, 6) is 0.0849. The van der Waals surface area contributed by atoms with Crippen molar-refractivity contribution in [3.8, 4) is 11.9 Å². The Morgan fingerprint density at radius 3 is 2.45 bits per heavy atom. The van der Waals surface area contributed by atoms with Gasteiger partial charge in [-0.05, 0) is 68.9 Å². The van der Waals surface area contributed by atoms with Gasteiger partial charge in [0.25, 0.3) is 5.62 Å². The molecule has 0 atom stereocenters. The van der Waals surface area contributed by atoms with Crippen molar-refractivity contribution in [2.75, 3.05) is 5.32 Å². The Morgan fingerprint density at radius 1 is 1.07 bits per heavy atom. The van der Waals surface area contributed by atoms with Crippen molar-refractivity contribution in [1.82, 2.24) is 34.3 Å². The topological polar surface area (TPSA) is 206 Å². The second kappa shape index (κ2) is 10.2. The van der Waals surface area contributed by atoms with Crippen LogP contribution >= 0.6 is 0 Å². The van der Waals surface area contributed by atoms with E-state index in [0.717, 1.165) is 12.8 Å².